The smallest absolute Gasteiger partial charge is 0.0941 e. The van der Waals surface area contributed by atoms with Crippen molar-refractivity contribution in [3.8, 4) is 6.07 Å². The molecule has 1 atom stereocenters. The van der Waals surface area contributed by atoms with E-state index in [0.717, 1.165) is 18.8 Å². The summed E-state index contributed by atoms with van der Waals surface area (Å²) in [4.78, 5) is 2.24. The van der Waals surface area contributed by atoms with Crippen LogP contribution in [0.15, 0.2) is 11.6 Å². The highest BCUT2D eigenvalue weighted by molar-refractivity contribution is 5.19. The highest BCUT2D eigenvalue weighted by Gasteiger charge is 2.25. The monoisotopic (exact) mass is 180 g/mol. The number of rotatable bonds is 3. The van der Waals surface area contributed by atoms with Crippen molar-refractivity contribution < 1.29 is 4.74 Å². The number of hydrogen-bond donors (Lipinski definition) is 0. The van der Waals surface area contributed by atoms with E-state index in [-0.39, 0.29) is 0 Å². The Labute approximate surface area is 79.6 Å². The van der Waals surface area contributed by atoms with E-state index in [1.165, 1.54) is 0 Å². The fourth-order valence-corrected chi connectivity index (χ4v) is 1.31. The van der Waals surface area contributed by atoms with Crippen LogP contribution in [0.3, 0.4) is 0 Å². The molecule has 3 nitrogen and oxygen atoms in total. The van der Waals surface area contributed by atoms with Crippen molar-refractivity contribution in [1.29, 1.82) is 5.26 Å². The lowest BCUT2D eigenvalue weighted by atomic mass is 10.1. The number of nitriles is 1. The van der Waals surface area contributed by atoms with Gasteiger partial charge < -0.3 is 4.74 Å². The molecule has 0 bridgehead atoms. The molecule has 1 heterocycles. The fourth-order valence-electron chi connectivity index (χ4n) is 1.31. The topological polar surface area (TPSA) is 36.3 Å². The van der Waals surface area contributed by atoms with Gasteiger partial charge in [0, 0.05) is 11.6 Å². The van der Waals surface area contributed by atoms with Crippen LogP contribution < -0.4 is 0 Å². The van der Waals surface area contributed by atoms with Gasteiger partial charge in [0.15, 0.2) is 0 Å². The summed E-state index contributed by atoms with van der Waals surface area (Å²) in [7, 11) is 2.07. The summed E-state index contributed by atoms with van der Waals surface area (Å²) in [5.41, 5.74) is 0.777. The molecule has 1 aliphatic rings. The van der Waals surface area contributed by atoms with E-state index < -0.39 is 0 Å². The van der Waals surface area contributed by atoms with E-state index in [0.29, 0.717) is 12.1 Å². The Bertz CT molecular complexity index is 238. The highest BCUT2D eigenvalue weighted by atomic mass is 16.5. The molecule has 0 aromatic rings. The van der Waals surface area contributed by atoms with Crippen molar-refractivity contribution in [3.63, 3.8) is 0 Å². The number of likely N-dealkylation sites (N-methyl/N-ethyl adjacent to an activating group) is 1. The molecule has 1 unspecified atom stereocenters. The largest absolute Gasteiger partial charge is 0.378 e. The quantitative estimate of drug-likeness (QED) is 0.612. The van der Waals surface area contributed by atoms with Crippen LogP contribution in [0.5, 0.6) is 0 Å². The van der Waals surface area contributed by atoms with Gasteiger partial charge in [0.05, 0.1) is 25.3 Å². The van der Waals surface area contributed by atoms with Crippen molar-refractivity contribution in [2.75, 3.05) is 20.3 Å². The Hall–Kier alpha value is -0.850. The second-order valence-electron chi connectivity index (χ2n) is 3.56. The van der Waals surface area contributed by atoms with Gasteiger partial charge in [-0.1, -0.05) is 6.08 Å². The molecule has 3 heteroatoms. The molecule has 1 fully saturated rings. The third kappa shape index (κ3) is 2.55. The second-order valence-corrected chi connectivity index (χ2v) is 3.56. The van der Waals surface area contributed by atoms with Gasteiger partial charge in [0.2, 0.25) is 0 Å². The van der Waals surface area contributed by atoms with E-state index in [1.54, 1.807) is 0 Å². The van der Waals surface area contributed by atoms with Crippen molar-refractivity contribution in [3.05, 3.63) is 11.6 Å². The Morgan fingerprint density at radius 1 is 1.69 bits per heavy atom. The molecule has 0 aliphatic carbocycles. The standard InChI is InChI=1S/C10H16N2O/c1-8(5-11)4-9(2)12(3)10-6-13-7-10/h4,9-10H,6-7H2,1-3H3. The van der Waals surface area contributed by atoms with Gasteiger partial charge in [-0.15, -0.1) is 0 Å². The first-order chi connectivity index (χ1) is 6.15. The molecule has 0 aromatic heterocycles. The van der Waals surface area contributed by atoms with Gasteiger partial charge >= 0.3 is 0 Å². The van der Waals surface area contributed by atoms with Crippen molar-refractivity contribution in [2.45, 2.75) is 25.9 Å². The van der Waals surface area contributed by atoms with Crippen molar-refractivity contribution >= 4 is 0 Å². The molecule has 0 aromatic carbocycles. The minimum Gasteiger partial charge on any atom is -0.378 e. The van der Waals surface area contributed by atoms with Gasteiger partial charge in [0.25, 0.3) is 0 Å². The van der Waals surface area contributed by atoms with Crippen LogP contribution in [0, 0.1) is 11.3 Å². The van der Waals surface area contributed by atoms with Crippen LogP contribution in [-0.2, 0) is 4.74 Å². The summed E-state index contributed by atoms with van der Waals surface area (Å²) in [5.74, 6) is 0. The van der Waals surface area contributed by atoms with E-state index in [2.05, 4.69) is 24.9 Å². The molecule has 1 rings (SSSR count). The maximum absolute atomic E-state index is 8.61. The predicted octanol–water partition coefficient (Wildman–Crippen LogP) is 1.18. The predicted molar refractivity (Wildman–Crippen MR) is 51.2 cm³/mol. The van der Waals surface area contributed by atoms with Gasteiger partial charge in [0.1, 0.15) is 0 Å². The maximum atomic E-state index is 8.61. The minimum absolute atomic E-state index is 0.313. The zero-order valence-electron chi connectivity index (χ0n) is 8.45. The summed E-state index contributed by atoms with van der Waals surface area (Å²) in [6.45, 7) is 5.57. The first-order valence-electron chi connectivity index (χ1n) is 4.53. The van der Waals surface area contributed by atoms with Crippen molar-refractivity contribution in [2.24, 2.45) is 0 Å². The molecule has 1 aliphatic heterocycles. The fraction of sp³-hybridized carbons (Fsp3) is 0.700. The highest BCUT2D eigenvalue weighted by Crippen LogP contribution is 2.12. The van der Waals surface area contributed by atoms with Crippen molar-refractivity contribution in [1.82, 2.24) is 4.90 Å². The normalized spacial score (nSPS) is 21.0. The molecular weight excluding hydrogens is 164 g/mol. The third-order valence-electron chi connectivity index (χ3n) is 2.51. The Kier molecular flexibility index (Phi) is 3.47. The Morgan fingerprint density at radius 2 is 2.31 bits per heavy atom. The van der Waals surface area contributed by atoms with E-state index in [4.69, 9.17) is 10.00 Å². The number of allylic oxidation sites excluding steroid dienone is 1. The summed E-state index contributed by atoms with van der Waals surface area (Å²) >= 11 is 0. The van der Waals surface area contributed by atoms with Crippen LogP contribution in [0.2, 0.25) is 0 Å². The molecule has 0 saturated carbocycles. The van der Waals surface area contributed by atoms with Crippen LogP contribution >= 0.6 is 0 Å². The first-order valence-corrected chi connectivity index (χ1v) is 4.53. The summed E-state index contributed by atoms with van der Waals surface area (Å²) in [5, 5.41) is 8.61. The molecule has 0 N–H and O–H groups in total. The number of hydrogen-bond acceptors (Lipinski definition) is 3. The molecule has 13 heavy (non-hydrogen) atoms. The lowest BCUT2D eigenvalue weighted by molar-refractivity contribution is -0.0620. The molecule has 0 spiro atoms. The summed E-state index contributed by atoms with van der Waals surface area (Å²) in [6.07, 6.45) is 1.98. The van der Waals surface area contributed by atoms with Gasteiger partial charge in [-0.05, 0) is 20.9 Å². The average Bonchev–Trinajstić information content (AvgIpc) is 2.00. The number of nitrogens with zero attached hydrogens (tertiary/aromatic N) is 2. The van der Waals surface area contributed by atoms with Crippen LogP contribution in [0.25, 0.3) is 0 Å². The third-order valence-corrected chi connectivity index (χ3v) is 2.51. The Balaban J connectivity index is 2.47. The SMILES string of the molecule is CC(C#N)=CC(C)N(C)C1COC1. The van der Waals surface area contributed by atoms with Gasteiger partial charge in [-0.2, -0.15) is 5.26 Å². The van der Waals surface area contributed by atoms with Crippen LogP contribution in [0.1, 0.15) is 13.8 Å². The molecular formula is C10H16N2O. The Morgan fingerprint density at radius 3 is 2.69 bits per heavy atom. The van der Waals surface area contributed by atoms with E-state index in [1.807, 2.05) is 13.0 Å². The molecule has 1 saturated heterocycles. The zero-order chi connectivity index (χ0) is 9.84. The number of ether oxygens (including phenoxy) is 1. The molecule has 72 valence electrons. The molecule has 0 radical (unpaired) electrons. The average molecular weight is 180 g/mol. The van der Waals surface area contributed by atoms with E-state index in [9.17, 15) is 0 Å². The van der Waals surface area contributed by atoms with Gasteiger partial charge in [-0.3, -0.25) is 4.90 Å². The zero-order valence-corrected chi connectivity index (χ0v) is 8.45. The lowest BCUT2D eigenvalue weighted by Crippen LogP contribution is -2.50. The van der Waals surface area contributed by atoms with Gasteiger partial charge in [-0.25, -0.2) is 0 Å². The summed E-state index contributed by atoms with van der Waals surface area (Å²) < 4.78 is 5.11. The lowest BCUT2D eigenvalue weighted by Gasteiger charge is -2.37. The van der Waals surface area contributed by atoms with Crippen LogP contribution in [0.4, 0.5) is 0 Å². The first kappa shape index (κ1) is 10.2. The van der Waals surface area contributed by atoms with Crippen LogP contribution in [-0.4, -0.2) is 37.2 Å². The molecule has 0 amide bonds. The van der Waals surface area contributed by atoms with E-state index >= 15 is 0 Å². The maximum Gasteiger partial charge on any atom is 0.0941 e. The second kappa shape index (κ2) is 4.40. The summed E-state index contributed by atoms with van der Waals surface area (Å²) in [6, 6.07) is 2.97. The minimum atomic E-state index is 0.313.